The normalized spacial score (nSPS) is 33.2. The van der Waals surface area contributed by atoms with Crippen molar-refractivity contribution in [2.24, 2.45) is 5.92 Å². The van der Waals surface area contributed by atoms with E-state index in [9.17, 15) is 0 Å². The van der Waals surface area contributed by atoms with E-state index in [0.29, 0.717) is 6.04 Å². The van der Waals surface area contributed by atoms with E-state index < -0.39 is 0 Å². The largest absolute Gasteiger partial charge is 0.244 e. The van der Waals surface area contributed by atoms with Crippen LogP contribution in [0.4, 0.5) is 0 Å². The summed E-state index contributed by atoms with van der Waals surface area (Å²) in [6.07, 6.45) is 7.30. The molecule has 0 heterocycles. The van der Waals surface area contributed by atoms with E-state index >= 15 is 0 Å². The summed E-state index contributed by atoms with van der Waals surface area (Å²) in [6, 6.07) is 0.678. The number of likely N-dealkylation sites (N-methyl/N-ethyl adjacent to an activating group) is 1. The predicted octanol–water partition coefficient (Wildman–Crippen LogP) is 2.62. The number of hydrogen-bond acceptors (Lipinski definition) is 1. The first-order valence-electron chi connectivity index (χ1n) is 3.77. The zero-order chi connectivity index (χ0) is 7.56. The van der Waals surface area contributed by atoms with E-state index in [1.165, 1.54) is 12.8 Å². The van der Waals surface area contributed by atoms with Gasteiger partial charge in [-0.25, -0.2) is 3.11 Å². The Bertz CT molecular complexity index is 131. The summed E-state index contributed by atoms with van der Waals surface area (Å²) >= 11 is 2.35. The highest BCUT2D eigenvalue weighted by Gasteiger charge is 2.14. The molecule has 0 aromatic carbocycles. The lowest BCUT2D eigenvalue weighted by Crippen LogP contribution is -2.23. The third kappa shape index (κ3) is 2.23. The van der Waals surface area contributed by atoms with Crippen molar-refractivity contribution in [1.29, 1.82) is 0 Å². The highest BCUT2D eigenvalue weighted by atomic mass is 127. The summed E-state index contributed by atoms with van der Waals surface area (Å²) in [7, 11) is 2.13. The molecular weight excluding hydrogens is 237 g/mol. The monoisotopic (exact) mass is 251 g/mol. The minimum absolute atomic E-state index is 0.678. The first-order valence-corrected chi connectivity index (χ1v) is 4.73. The zero-order valence-corrected chi connectivity index (χ0v) is 8.71. The minimum atomic E-state index is 0.678. The number of allylic oxidation sites excluding steroid dienone is 1. The van der Waals surface area contributed by atoms with Crippen molar-refractivity contribution >= 4 is 22.9 Å². The van der Waals surface area contributed by atoms with Crippen molar-refractivity contribution < 1.29 is 0 Å². The maximum absolute atomic E-state index is 2.35. The second-order valence-corrected chi connectivity index (χ2v) is 4.55. The SMILES string of the molecule is CC1C=CC(N(C)I)CC1. The maximum atomic E-state index is 2.35. The predicted molar refractivity (Wildman–Crippen MR) is 53.1 cm³/mol. The van der Waals surface area contributed by atoms with Gasteiger partial charge in [-0.15, -0.1) is 0 Å². The summed E-state index contributed by atoms with van der Waals surface area (Å²) in [5.41, 5.74) is 0. The fraction of sp³-hybridized carbons (Fsp3) is 0.750. The van der Waals surface area contributed by atoms with E-state index in [1.54, 1.807) is 0 Å². The zero-order valence-electron chi connectivity index (χ0n) is 6.55. The maximum Gasteiger partial charge on any atom is 0.0371 e. The lowest BCUT2D eigenvalue weighted by atomic mass is 9.95. The van der Waals surface area contributed by atoms with Crippen molar-refractivity contribution in [3.63, 3.8) is 0 Å². The molecule has 0 aromatic heterocycles. The summed E-state index contributed by atoms with van der Waals surface area (Å²) in [5, 5.41) is 0. The number of hydrogen-bond donors (Lipinski definition) is 0. The highest BCUT2D eigenvalue weighted by Crippen LogP contribution is 2.21. The van der Waals surface area contributed by atoms with Gasteiger partial charge in [0.25, 0.3) is 0 Å². The van der Waals surface area contributed by atoms with Gasteiger partial charge in [0.05, 0.1) is 0 Å². The Balaban J connectivity index is 2.45. The van der Waals surface area contributed by atoms with Crippen LogP contribution in [0.5, 0.6) is 0 Å². The molecule has 0 amide bonds. The molecule has 0 saturated heterocycles. The molecule has 10 heavy (non-hydrogen) atoms. The van der Waals surface area contributed by atoms with Gasteiger partial charge in [0, 0.05) is 28.9 Å². The molecule has 0 aliphatic heterocycles. The van der Waals surface area contributed by atoms with Crippen molar-refractivity contribution in [2.75, 3.05) is 7.05 Å². The van der Waals surface area contributed by atoms with Gasteiger partial charge in [-0.1, -0.05) is 19.1 Å². The summed E-state index contributed by atoms with van der Waals surface area (Å²) in [4.78, 5) is 0. The van der Waals surface area contributed by atoms with Crippen molar-refractivity contribution in [1.82, 2.24) is 3.11 Å². The topological polar surface area (TPSA) is 3.24 Å². The van der Waals surface area contributed by atoms with Gasteiger partial charge in [0.2, 0.25) is 0 Å². The number of nitrogens with zero attached hydrogens (tertiary/aromatic N) is 1. The van der Waals surface area contributed by atoms with Crippen LogP contribution in [0.2, 0.25) is 0 Å². The van der Waals surface area contributed by atoms with Gasteiger partial charge in [-0.2, -0.15) is 0 Å². The van der Waals surface area contributed by atoms with Crippen LogP contribution in [-0.4, -0.2) is 16.2 Å². The van der Waals surface area contributed by atoms with Crippen molar-refractivity contribution in [3.05, 3.63) is 12.2 Å². The van der Waals surface area contributed by atoms with Gasteiger partial charge in [-0.05, 0) is 25.8 Å². The molecule has 0 saturated carbocycles. The number of rotatable bonds is 1. The first-order chi connectivity index (χ1) is 4.70. The average molecular weight is 251 g/mol. The molecule has 58 valence electrons. The van der Waals surface area contributed by atoms with E-state index in [1.807, 2.05) is 0 Å². The van der Waals surface area contributed by atoms with Crippen LogP contribution >= 0.6 is 22.9 Å². The third-order valence-corrected chi connectivity index (χ3v) is 2.75. The van der Waals surface area contributed by atoms with Gasteiger partial charge < -0.3 is 0 Å². The second-order valence-electron chi connectivity index (χ2n) is 3.03. The van der Waals surface area contributed by atoms with Crippen LogP contribution in [0, 0.1) is 5.92 Å². The Morgan fingerprint density at radius 2 is 2.10 bits per heavy atom. The molecule has 0 N–H and O–H groups in total. The molecule has 1 rings (SSSR count). The van der Waals surface area contributed by atoms with Gasteiger partial charge >= 0.3 is 0 Å². The standard InChI is InChI=1S/C8H14IN/c1-7-3-5-8(6-4-7)10(2)9/h3,5,7-8H,4,6H2,1-2H3. The Hall–Kier alpha value is 0.430. The summed E-state index contributed by atoms with van der Waals surface area (Å²) in [6.45, 7) is 2.28. The smallest absolute Gasteiger partial charge is 0.0371 e. The molecule has 0 radical (unpaired) electrons. The van der Waals surface area contributed by atoms with Gasteiger partial charge in [0.15, 0.2) is 0 Å². The van der Waals surface area contributed by atoms with Gasteiger partial charge in [0.1, 0.15) is 0 Å². The molecule has 2 heteroatoms. The molecule has 1 nitrogen and oxygen atoms in total. The second kappa shape index (κ2) is 3.72. The molecule has 0 aromatic rings. The lowest BCUT2D eigenvalue weighted by Gasteiger charge is -2.24. The Morgan fingerprint density at radius 1 is 1.40 bits per heavy atom. The summed E-state index contributed by atoms with van der Waals surface area (Å²) < 4.78 is 2.25. The molecule has 0 bridgehead atoms. The lowest BCUT2D eigenvalue weighted by molar-refractivity contribution is 0.422. The van der Waals surface area contributed by atoms with Crippen molar-refractivity contribution in [3.8, 4) is 0 Å². The molecule has 1 aliphatic rings. The van der Waals surface area contributed by atoms with Crippen LogP contribution in [-0.2, 0) is 0 Å². The number of halogens is 1. The Labute approximate surface area is 77.0 Å². The Morgan fingerprint density at radius 3 is 2.50 bits per heavy atom. The van der Waals surface area contributed by atoms with Crippen LogP contribution in [0.3, 0.4) is 0 Å². The average Bonchev–Trinajstić information content (AvgIpc) is 1.88. The molecule has 0 spiro atoms. The van der Waals surface area contributed by atoms with Crippen LogP contribution < -0.4 is 0 Å². The Kier molecular flexibility index (Phi) is 3.17. The minimum Gasteiger partial charge on any atom is -0.244 e. The van der Waals surface area contributed by atoms with E-state index in [0.717, 1.165) is 5.92 Å². The quantitative estimate of drug-likeness (QED) is 0.393. The van der Waals surface area contributed by atoms with Crippen LogP contribution in [0.25, 0.3) is 0 Å². The van der Waals surface area contributed by atoms with Gasteiger partial charge in [-0.3, -0.25) is 0 Å². The van der Waals surface area contributed by atoms with Crippen LogP contribution in [0.1, 0.15) is 19.8 Å². The fourth-order valence-corrected chi connectivity index (χ4v) is 1.70. The van der Waals surface area contributed by atoms with E-state index in [-0.39, 0.29) is 0 Å². The van der Waals surface area contributed by atoms with Crippen LogP contribution in [0.15, 0.2) is 12.2 Å². The third-order valence-electron chi connectivity index (χ3n) is 2.04. The highest BCUT2D eigenvalue weighted by molar-refractivity contribution is 14.1. The molecular formula is C8H14IN. The summed E-state index contributed by atoms with van der Waals surface area (Å²) in [5.74, 6) is 0.799. The molecule has 2 atom stereocenters. The van der Waals surface area contributed by atoms with E-state index in [4.69, 9.17) is 0 Å². The molecule has 1 aliphatic carbocycles. The molecule has 2 unspecified atom stereocenters. The fourth-order valence-electron chi connectivity index (χ4n) is 1.24. The van der Waals surface area contributed by atoms with Crippen molar-refractivity contribution in [2.45, 2.75) is 25.8 Å². The first kappa shape index (κ1) is 8.53. The van der Waals surface area contributed by atoms with E-state index in [2.05, 4.69) is 52.1 Å². The molecule has 0 fully saturated rings.